The van der Waals surface area contributed by atoms with Gasteiger partial charge in [-0.2, -0.15) is 0 Å². The lowest BCUT2D eigenvalue weighted by molar-refractivity contribution is 0.585. The number of hydrogen-bond donors (Lipinski definition) is 0. The molecule has 0 aromatic rings. The molecule has 0 saturated carbocycles. The van der Waals surface area contributed by atoms with Gasteiger partial charge in [0.2, 0.25) is 0 Å². The van der Waals surface area contributed by atoms with Gasteiger partial charge in [-0.1, -0.05) is 25.3 Å². The molecule has 0 fully saturated rings. The summed E-state index contributed by atoms with van der Waals surface area (Å²) in [5.74, 6) is 0. The summed E-state index contributed by atoms with van der Waals surface area (Å²) in [5.41, 5.74) is 2.28. The van der Waals surface area contributed by atoms with Gasteiger partial charge in [0, 0.05) is 12.7 Å². The van der Waals surface area contributed by atoms with E-state index >= 15 is 0 Å². The summed E-state index contributed by atoms with van der Waals surface area (Å²) >= 11 is 0. The topological polar surface area (TPSA) is 3.24 Å². The minimum absolute atomic E-state index is 1.13. The Kier molecular flexibility index (Phi) is 4.86. The van der Waals surface area contributed by atoms with E-state index in [1.807, 2.05) is 44.0 Å². The van der Waals surface area contributed by atoms with Crippen molar-refractivity contribution in [2.75, 3.05) is 7.05 Å². The second-order valence-corrected chi connectivity index (χ2v) is 2.57. The molecule has 0 aliphatic heterocycles. The highest BCUT2D eigenvalue weighted by molar-refractivity contribution is 5.30. The van der Waals surface area contributed by atoms with Crippen LogP contribution in [0.3, 0.4) is 0 Å². The van der Waals surface area contributed by atoms with Crippen molar-refractivity contribution in [2.45, 2.75) is 13.8 Å². The van der Waals surface area contributed by atoms with Crippen molar-refractivity contribution in [3.05, 3.63) is 48.9 Å². The van der Waals surface area contributed by atoms with Crippen molar-refractivity contribution in [1.29, 1.82) is 0 Å². The number of nitrogens with zero attached hydrogens (tertiary/aromatic N) is 1. The van der Waals surface area contributed by atoms with Gasteiger partial charge >= 0.3 is 0 Å². The molecule has 0 N–H and O–H groups in total. The maximum atomic E-state index is 3.73. The lowest BCUT2D eigenvalue weighted by Crippen LogP contribution is -2.09. The fraction of sp³-hybridized carbons (Fsp3) is 0.273. The molecule has 0 amide bonds. The predicted molar refractivity (Wildman–Crippen MR) is 55.7 cm³/mol. The van der Waals surface area contributed by atoms with Gasteiger partial charge in [-0.25, -0.2) is 0 Å². The molecule has 0 heterocycles. The van der Waals surface area contributed by atoms with Gasteiger partial charge in [0.15, 0.2) is 0 Å². The summed E-state index contributed by atoms with van der Waals surface area (Å²) in [6.07, 6.45) is 7.67. The summed E-state index contributed by atoms with van der Waals surface area (Å²) in [6.45, 7) is 11.5. The Morgan fingerprint density at radius 2 is 1.92 bits per heavy atom. The molecular weight excluding hydrogens is 146 g/mol. The zero-order valence-electron chi connectivity index (χ0n) is 8.17. The van der Waals surface area contributed by atoms with Gasteiger partial charge < -0.3 is 4.90 Å². The van der Waals surface area contributed by atoms with Gasteiger partial charge in [-0.05, 0) is 31.7 Å². The van der Waals surface area contributed by atoms with Crippen molar-refractivity contribution >= 4 is 0 Å². The maximum Gasteiger partial charge on any atom is 0.0429 e. The van der Waals surface area contributed by atoms with Crippen molar-refractivity contribution in [1.82, 2.24) is 4.90 Å². The molecule has 0 saturated heterocycles. The molecule has 0 bridgehead atoms. The minimum atomic E-state index is 1.13. The van der Waals surface area contributed by atoms with E-state index in [4.69, 9.17) is 0 Å². The Labute approximate surface area is 75.4 Å². The van der Waals surface area contributed by atoms with Crippen LogP contribution in [0.2, 0.25) is 0 Å². The summed E-state index contributed by atoms with van der Waals surface area (Å²) < 4.78 is 0. The Bertz CT molecular complexity index is 221. The molecule has 0 unspecified atom stereocenters. The Morgan fingerprint density at radius 1 is 1.33 bits per heavy atom. The van der Waals surface area contributed by atoms with Crippen LogP contribution in [-0.4, -0.2) is 11.9 Å². The average Bonchev–Trinajstić information content (AvgIpc) is 2.11. The quantitative estimate of drug-likeness (QED) is 0.576. The molecular formula is C11H17N. The van der Waals surface area contributed by atoms with E-state index in [1.165, 1.54) is 0 Å². The van der Waals surface area contributed by atoms with E-state index in [0.29, 0.717) is 0 Å². The first-order chi connectivity index (χ1) is 5.67. The van der Waals surface area contributed by atoms with E-state index in [-0.39, 0.29) is 0 Å². The van der Waals surface area contributed by atoms with E-state index in [0.717, 1.165) is 11.3 Å². The molecule has 0 aliphatic carbocycles. The molecule has 0 aliphatic rings. The molecule has 12 heavy (non-hydrogen) atoms. The highest BCUT2D eigenvalue weighted by atomic mass is 15.1. The molecule has 66 valence electrons. The first kappa shape index (κ1) is 10.8. The molecule has 0 rings (SSSR count). The third kappa shape index (κ3) is 2.79. The largest absolute Gasteiger partial charge is 0.351 e. The summed E-state index contributed by atoms with van der Waals surface area (Å²) in [4.78, 5) is 1.97. The van der Waals surface area contributed by atoms with E-state index in [2.05, 4.69) is 13.2 Å². The monoisotopic (exact) mass is 163 g/mol. The zero-order chi connectivity index (χ0) is 9.56. The molecule has 0 atom stereocenters. The summed E-state index contributed by atoms with van der Waals surface area (Å²) in [5, 5.41) is 0. The van der Waals surface area contributed by atoms with Gasteiger partial charge in [0.25, 0.3) is 0 Å². The van der Waals surface area contributed by atoms with Crippen LogP contribution in [-0.2, 0) is 0 Å². The minimum Gasteiger partial charge on any atom is -0.351 e. The lowest BCUT2D eigenvalue weighted by Gasteiger charge is -2.16. The van der Waals surface area contributed by atoms with Crippen molar-refractivity contribution in [3.63, 3.8) is 0 Å². The third-order valence-electron chi connectivity index (χ3n) is 1.69. The smallest absolute Gasteiger partial charge is 0.0429 e. The second-order valence-electron chi connectivity index (χ2n) is 2.57. The summed E-state index contributed by atoms with van der Waals surface area (Å²) in [6, 6.07) is 0. The fourth-order valence-corrected chi connectivity index (χ4v) is 0.888. The first-order valence-electron chi connectivity index (χ1n) is 3.98. The summed E-state index contributed by atoms with van der Waals surface area (Å²) in [7, 11) is 1.97. The Hall–Kier alpha value is -1.24. The van der Waals surface area contributed by atoms with Crippen molar-refractivity contribution < 1.29 is 0 Å². The van der Waals surface area contributed by atoms with Gasteiger partial charge in [-0.15, -0.1) is 0 Å². The fourth-order valence-electron chi connectivity index (χ4n) is 0.888. The SMILES string of the molecule is C=CC(C)=C(C=CC)N(C)C=C. The lowest BCUT2D eigenvalue weighted by atomic mass is 10.2. The molecule has 0 aromatic heterocycles. The maximum absolute atomic E-state index is 3.73. The van der Waals surface area contributed by atoms with Gasteiger partial charge in [0.05, 0.1) is 0 Å². The molecule has 0 radical (unpaired) electrons. The first-order valence-corrected chi connectivity index (χ1v) is 3.98. The van der Waals surface area contributed by atoms with Crippen LogP contribution < -0.4 is 0 Å². The molecule has 0 aromatic carbocycles. The van der Waals surface area contributed by atoms with Gasteiger partial charge in [0.1, 0.15) is 0 Å². The van der Waals surface area contributed by atoms with Crippen LogP contribution in [0.25, 0.3) is 0 Å². The number of likely N-dealkylation sites (N-methyl/N-ethyl adjacent to an activating group) is 1. The Morgan fingerprint density at radius 3 is 2.25 bits per heavy atom. The van der Waals surface area contributed by atoms with Crippen LogP contribution in [0, 0.1) is 0 Å². The normalized spacial score (nSPS) is 12.6. The van der Waals surface area contributed by atoms with Crippen LogP contribution in [0.5, 0.6) is 0 Å². The predicted octanol–water partition coefficient (Wildman–Crippen LogP) is 3.10. The second kappa shape index (κ2) is 5.42. The number of rotatable bonds is 4. The number of allylic oxidation sites excluding steroid dienone is 4. The number of hydrogen-bond acceptors (Lipinski definition) is 1. The Balaban J connectivity index is 4.88. The standard InChI is InChI=1S/C11H17N/c1-6-9-11(10(4)7-2)12(5)8-3/h6-9H,2-3H2,1,4-5H3. The highest BCUT2D eigenvalue weighted by Gasteiger charge is 1.98. The van der Waals surface area contributed by atoms with Crippen LogP contribution in [0.15, 0.2) is 48.9 Å². The van der Waals surface area contributed by atoms with Crippen LogP contribution in [0.1, 0.15) is 13.8 Å². The van der Waals surface area contributed by atoms with Crippen molar-refractivity contribution in [2.24, 2.45) is 0 Å². The van der Waals surface area contributed by atoms with Crippen LogP contribution in [0.4, 0.5) is 0 Å². The van der Waals surface area contributed by atoms with Crippen LogP contribution >= 0.6 is 0 Å². The third-order valence-corrected chi connectivity index (χ3v) is 1.69. The van der Waals surface area contributed by atoms with E-state index < -0.39 is 0 Å². The molecule has 0 spiro atoms. The van der Waals surface area contributed by atoms with E-state index in [9.17, 15) is 0 Å². The molecule has 1 nitrogen and oxygen atoms in total. The average molecular weight is 163 g/mol. The van der Waals surface area contributed by atoms with Gasteiger partial charge in [-0.3, -0.25) is 0 Å². The highest BCUT2D eigenvalue weighted by Crippen LogP contribution is 2.10. The molecule has 1 heteroatoms. The van der Waals surface area contributed by atoms with Crippen molar-refractivity contribution in [3.8, 4) is 0 Å². The zero-order valence-corrected chi connectivity index (χ0v) is 8.17. The van der Waals surface area contributed by atoms with E-state index in [1.54, 1.807) is 6.20 Å².